The van der Waals surface area contributed by atoms with Gasteiger partial charge in [-0.25, -0.2) is 0 Å². The zero-order valence-corrected chi connectivity index (χ0v) is 23.1. The molecule has 206 valence electrons. The molecule has 1 saturated heterocycles. The van der Waals surface area contributed by atoms with Crippen LogP contribution in [0.1, 0.15) is 84.9 Å². The lowest BCUT2D eigenvalue weighted by atomic mass is 9.90. The maximum atomic E-state index is 14.2. The number of furan rings is 1. The number of carbonyl (C=O) groups excluding carboxylic acids is 2. The molecule has 3 aliphatic rings. The van der Waals surface area contributed by atoms with E-state index in [2.05, 4.69) is 19.1 Å². The van der Waals surface area contributed by atoms with E-state index in [-0.39, 0.29) is 18.4 Å². The van der Waals surface area contributed by atoms with Crippen molar-refractivity contribution >= 4 is 11.8 Å². The fourth-order valence-corrected chi connectivity index (χ4v) is 6.28. The molecule has 1 unspecified atom stereocenters. The highest BCUT2D eigenvalue weighted by atomic mass is 16.5. The van der Waals surface area contributed by atoms with Gasteiger partial charge < -0.3 is 23.7 Å². The van der Waals surface area contributed by atoms with Gasteiger partial charge in [0, 0.05) is 25.1 Å². The second-order valence-corrected chi connectivity index (χ2v) is 11.0. The Labute approximate surface area is 226 Å². The minimum atomic E-state index is -1.03. The van der Waals surface area contributed by atoms with E-state index in [1.807, 2.05) is 28.9 Å². The molecule has 1 aromatic carbocycles. The second kappa shape index (κ2) is 11.9. The third-order valence-corrected chi connectivity index (χ3v) is 8.36. The number of unbranched alkanes of at least 4 members (excludes halogenated alkanes) is 1. The minimum Gasteiger partial charge on any atom is -0.491 e. The number of aryl methyl sites for hydroxylation is 3. The summed E-state index contributed by atoms with van der Waals surface area (Å²) in [6.07, 6.45) is 9.13. The molecule has 7 heteroatoms. The van der Waals surface area contributed by atoms with Gasteiger partial charge in [0.2, 0.25) is 0 Å². The number of amides is 2. The number of fused-ring (bicyclic) bond motifs is 2. The van der Waals surface area contributed by atoms with Gasteiger partial charge in [-0.15, -0.1) is 0 Å². The van der Waals surface area contributed by atoms with Crippen LogP contribution >= 0.6 is 0 Å². The molecular formula is C31H42N2O5. The first-order chi connectivity index (χ1) is 18.5. The van der Waals surface area contributed by atoms with Crippen LogP contribution in [0.25, 0.3) is 0 Å². The summed E-state index contributed by atoms with van der Waals surface area (Å²) < 4.78 is 18.6. The molecule has 1 aromatic heterocycles. The average Bonchev–Trinajstić information content (AvgIpc) is 3.28. The predicted octanol–water partition coefficient (Wildman–Crippen LogP) is 5.11. The topological polar surface area (TPSA) is 72.2 Å². The normalized spacial score (nSPS) is 22.7. The van der Waals surface area contributed by atoms with Crippen molar-refractivity contribution < 1.29 is 23.5 Å². The average molecular weight is 523 g/mol. The van der Waals surface area contributed by atoms with Gasteiger partial charge in [0.1, 0.15) is 23.9 Å². The lowest BCUT2D eigenvalue weighted by molar-refractivity contribution is -0.170. The van der Waals surface area contributed by atoms with Crippen LogP contribution in [0.15, 0.2) is 28.7 Å². The molecular weight excluding hydrogens is 480 g/mol. The summed E-state index contributed by atoms with van der Waals surface area (Å²) in [7, 11) is 0. The monoisotopic (exact) mass is 522 g/mol. The molecule has 38 heavy (non-hydrogen) atoms. The molecule has 1 spiro atoms. The van der Waals surface area contributed by atoms with Crippen molar-refractivity contribution in [1.82, 2.24) is 9.80 Å². The first-order valence-electron chi connectivity index (χ1n) is 14.6. The first kappa shape index (κ1) is 26.8. The molecule has 1 aliphatic carbocycles. The lowest BCUT2D eigenvalue weighted by Crippen LogP contribution is -2.62. The number of rotatable bonds is 4. The number of hydrogen-bond acceptors (Lipinski definition) is 5. The van der Waals surface area contributed by atoms with Gasteiger partial charge in [-0.05, 0) is 69.9 Å². The van der Waals surface area contributed by atoms with Gasteiger partial charge in [-0.1, -0.05) is 31.5 Å². The third kappa shape index (κ3) is 5.49. The molecule has 5 rings (SSSR count). The van der Waals surface area contributed by atoms with E-state index in [4.69, 9.17) is 13.9 Å². The number of hydrogen-bond donors (Lipinski definition) is 0. The van der Waals surface area contributed by atoms with Crippen LogP contribution in [-0.4, -0.2) is 66.6 Å². The SMILES string of the molecule is CCCCN1CCOc2ccccc2CCCCC2(CN(C(=O)c3c(C)oc4c3CCCC4)CCO2)C1=O. The number of ether oxygens (including phenoxy) is 2. The molecule has 0 N–H and O–H groups in total. The van der Waals surface area contributed by atoms with Crippen molar-refractivity contribution in [3.05, 3.63) is 52.5 Å². The fraction of sp³-hybridized carbons (Fsp3) is 0.613. The molecule has 0 saturated carbocycles. The maximum Gasteiger partial charge on any atom is 0.257 e. The Bertz CT molecular complexity index is 1140. The van der Waals surface area contributed by atoms with E-state index in [1.165, 1.54) is 5.56 Å². The van der Waals surface area contributed by atoms with E-state index in [9.17, 15) is 9.59 Å². The van der Waals surface area contributed by atoms with Gasteiger partial charge >= 0.3 is 0 Å². The van der Waals surface area contributed by atoms with Gasteiger partial charge in [0.15, 0.2) is 5.60 Å². The smallest absolute Gasteiger partial charge is 0.257 e. The molecule has 2 aromatic rings. The highest BCUT2D eigenvalue weighted by Gasteiger charge is 2.47. The summed E-state index contributed by atoms with van der Waals surface area (Å²) in [6.45, 7) is 6.75. The van der Waals surface area contributed by atoms with E-state index >= 15 is 0 Å². The van der Waals surface area contributed by atoms with Crippen LogP contribution in [0.5, 0.6) is 5.75 Å². The van der Waals surface area contributed by atoms with E-state index in [0.717, 1.165) is 74.9 Å². The summed E-state index contributed by atoms with van der Waals surface area (Å²) in [5.74, 6) is 2.55. The molecule has 1 atom stereocenters. The number of morpholine rings is 1. The molecule has 1 fully saturated rings. The van der Waals surface area contributed by atoms with Crippen LogP contribution in [0.4, 0.5) is 0 Å². The van der Waals surface area contributed by atoms with Gasteiger partial charge in [-0.2, -0.15) is 0 Å². The van der Waals surface area contributed by atoms with Crippen LogP contribution in [0.2, 0.25) is 0 Å². The van der Waals surface area contributed by atoms with E-state index in [1.54, 1.807) is 0 Å². The number of carbonyl (C=O) groups is 2. The number of benzene rings is 1. The Balaban J connectivity index is 1.41. The van der Waals surface area contributed by atoms with E-state index in [0.29, 0.717) is 50.6 Å². The van der Waals surface area contributed by atoms with Crippen LogP contribution < -0.4 is 4.74 Å². The van der Waals surface area contributed by atoms with Crippen LogP contribution in [0.3, 0.4) is 0 Å². The second-order valence-electron chi connectivity index (χ2n) is 11.0. The molecule has 2 amide bonds. The Hall–Kier alpha value is -2.80. The third-order valence-electron chi connectivity index (χ3n) is 8.36. The lowest BCUT2D eigenvalue weighted by Gasteiger charge is -2.44. The Morgan fingerprint density at radius 3 is 2.71 bits per heavy atom. The standard InChI is InChI=1S/C31H42N2O5/c1-3-4-17-32-18-20-36-26-14-7-5-11-24(26)12-9-10-16-31(30(32)35)22-33(19-21-37-31)29(34)28-23(2)38-27-15-8-6-13-25(27)28/h5,7,11,14H,3-4,6,8-10,12-13,15-22H2,1-2H3. The zero-order chi connectivity index (χ0) is 26.5. The number of nitrogens with zero attached hydrogens (tertiary/aromatic N) is 2. The van der Waals surface area contributed by atoms with Gasteiger partial charge in [0.05, 0.1) is 25.3 Å². The highest BCUT2D eigenvalue weighted by Crippen LogP contribution is 2.34. The quantitative estimate of drug-likeness (QED) is 0.558. The Kier molecular flexibility index (Phi) is 8.42. The van der Waals surface area contributed by atoms with Crippen LogP contribution in [-0.2, 0) is 28.8 Å². The molecule has 0 radical (unpaired) electrons. The predicted molar refractivity (Wildman–Crippen MR) is 146 cm³/mol. The van der Waals surface area contributed by atoms with Gasteiger partial charge in [0.25, 0.3) is 11.8 Å². The molecule has 2 aliphatic heterocycles. The Morgan fingerprint density at radius 1 is 1.03 bits per heavy atom. The fourth-order valence-electron chi connectivity index (χ4n) is 6.28. The summed E-state index contributed by atoms with van der Waals surface area (Å²) >= 11 is 0. The van der Waals surface area contributed by atoms with Crippen LogP contribution in [0, 0.1) is 6.92 Å². The van der Waals surface area contributed by atoms with Crippen molar-refractivity contribution in [3.8, 4) is 5.75 Å². The molecule has 0 bridgehead atoms. The molecule has 3 heterocycles. The summed E-state index contributed by atoms with van der Waals surface area (Å²) in [5.41, 5.74) is 1.96. The van der Waals surface area contributed by atoms with Crippen molar-refractivity contribution in [2.45, 2.75) is 83.7 Å². The Morgan fingerprint density at radius 2 is 1.84 bits per heavy atom. The summed E-state index contributed by atoms with van der Waals surface area (Å²) in [4.78, 5) is 31.9. The largest absolute Gasteiger partial charge is 0.491 e. The highest BCUT2D eigenvalue weighted by molar-refractivity contribution is 5.98. The number of para-hydroxylation sites is 1. The van der Waals surface area contributed by atoms with Crippen molar-refractivity contribution in [3.63, 3.8) is 0 Å². The summed E-state index contributed by atoms with van der Waals surface area (Å²) in [5, 5.41) is 0. The van der Waals surface area contributed by atoms with E-state index < -0.39 is 5.60 Å². The van der Waals surface area contributed by atoms with Crippen molar-refractivity contribution in [1.29, 1.82) is 0 Å². The molecule has 7 nitrogen and oxygen atoms in total. The first-order valence-corrected chi connectivity index (χ1v) is 14.6. The van der Waals surface area contributed by atoms with Gasteiger partial charge in [-0.3, -0.25) is 9.59 Å². The van der Waals surface area contributed by atoms with Crippen molar-refractivity contribution in [2.75, 3.05) is 39.4 Å². The van der Waals surface area contributed by atoms with Crippen molar-refractivity contribution in [2.24, 2.45) is 0 Å². The maximum absolute atomic E-state index is 14.2. The zero-order valence-electron chi connectivity index (χ0n) is 23.1. The summed E-state index contributed by atoms with van der Waals surface area (Å²) in [6, 6.07) is 8.20. The minimum absolute atomic E-state index is 0.00754.